The van der Waals surface area contributed by atoms with Gasteiger partial charge in [0, 0.05) is 32.7 Å². The third-order valence-electron chi connectivity index (χ3n) is 4.39. The van der Waals surface area contributed by atoms with E-state index in [-0.39, 0.29) is 25.0 Å². The van der Waals surface area contributed by atoms with Crippen LogP contribution in [0.4, 0.5) is 4.79 Å². The van der Waals surface area contributed by atoms with E-state index in [0.717, 1.165) is 12.8 Å². The van der Waals surface area contributed by atoms with Crippen molar-refractivity contribution in [2.24, 2.45) is 5.92 Å². The number of carboxylic acids is 1. The highest BCUT2D eigenvalue weighted by Crippen LogP contribution is 2.36. The summed E-state index contributed by atoms with van der Waals surface area (Å²) in [6.45, 7) is 2.92. The van der Waals surface area contributed by atoms with E-state index in [1.807, 2.05) is 6.92 Å². The van der Waals surface area contributed by atoms with Gasteiger partial charge in [-0.1, -0.05) is 0 Å². The lowest BCUT2D eigenvalue weighted by Crippen LogP contribution is -2.52. The first-order chi connectivity index (χ1) is 9.95. The van der Waals surface area contributed by atoms with Crippen molar-refractivity contribution in [1.82, 2.24) is 9.80 Å². The van der Waals surface area contributed by atoms with E-state index in [1.54, 1.807) is 12.0 Å². The summed E-state index contributed by atoms with van der Waals surface area (Å²) in [5, 5.41) is 18.9. The Morgan fingerprint density at radius 3 is 2.62 bits per heavy atom. The lowest BCUT2D eigenvalue weighted by molar-refractivity contribution is -0.141. The predicted molar refractivity (Wildman–Crippen MR) is 74.9 cm³/mol. The summed E-state index contributed by atoms with van der Waals surface area (Å²) in [5.41, 5.74) is 0. The molecule has 3 unspecified atom stereocenters. The molecule has 21 heavy (non-hydrogen) atoms. The van der Waals surface area contributed by atoms with Crippen LogP contribution in [0.2, 0.25) is 0 Å². The van der Waals surface area contributed by atoms with E-state index in [0.29, 0.717) is 19.1 Å². The van der Waals surface area contributed by atoms with E-state index < -0.39 is 18.1 Å². The van der Waals surface area contributed by atoms with Crippen LogP contribution in [-0.4, -0.2) is 77.0 Å². The van der Waals surface area contributed by atoms with E-state index in [9.17, 15) is 19.8 Å². The van der Waals surface area contributed by atoms with Gasteiger partial charge in [0.25, 0.3) is 0 Å². The molecule has 2 N–H and O–H groups in total. The summed E-state index contributed by atoms with van der Waals surface area (Å²) in [5.74, 6) is -0.577. The Labute approximate surface area is 124 Å². The molecule has 0 spiro atoms. The minimum absolute atomic E-state index is 0.0693. The fourth-order valence-corrected chi connectivity index (χ4v) is 2.92. The number of ether oxygens (including phenoxy) is 1. The van der Waals surface area contributed by atoms with E-state index >= 15 is 0 Å². The third-order valence-corrected chi connectivity index (χ3v) is 4.39. The fraction of sp³-hybridized carbons (Fsp3) is 0.857. The molecular weight excluding hydrogens is 276 g/mol. The smallest absolute Gasteiger partial charge is 0.326 e. The number of hydrogen-bond donors (Lipinski definition) is 2. The van der Waals surface area contributed by atoms with Crippen LogP contribution in [0.3, 0.4) is 0 Å². The van der Waals surface area contributed by atoms with Gasteiger partial charge in [-0.2, -0.15) is 0 Å². The average Bonchev–Trinajstić information content (AvgIpc) is 3.20. The molecule has 1 heterocycles. The quantitative estimate of drug-likeness (QED) is 0.740. The molecule has 120 valence electrons. The van der Waals surface area contributed by atoms with Crippen molar-refractivity contribution in [3.63, 3.8) is 0 Å². The van der Waals surface area contributed by atoms with Crippen molar-refractivity contribution in [3.05, 3.63) is 0 Å². The summed E-state index contributed by atoms with van der Waals surface area (Å²) in [6.07, 6.45) is 1.53. The van der Waals surface area contributed by atoms with Gasteiger partial charge < -0.3 is 24.7 Å². The lowest BCUT2D eigenvalue weighted by atomic mass is 10.2. The molecule has 0 aromatic carbocycles. The molecule has 1 aliphatic carbocycles. The third kappa shape index (κ3) is 3.65. The number of aliphatic carboxylic acids is 1. The van der Waals surface area contributed by atoms with Crippen molar-refractivity contribution in [2.75, 3.05) is 26.8 Å². The zero-order valence-corrected chi connectivity index (χ0v) is 12.6. The molecule has 1 aliphatic heterocycles. The number of methoxy groups -OCH3 is 1. The first-order valence-corrected chi connectivity index (χ1v) is 7.42. The summed E-state index contributed by atoms with van der Waals surface area (Å²) in [4.78, 5) is 26.9. The number of likely N-dealkylation sites (tertiary alicyclic amines) is 1. The fourth-order valence-electron chi connectivity index (χ4n) is 2.92. The molecule has 0 bridgehead atoms. The number of aliphatic hydroxyl groups excluding tert-OH is 1. The number of rotatable bonds is 6. The molecule has 2 fully saturated rings. The van der Waals surface area contributed by atoms with Crippen LogP contribution in [0.1, 0.15) is 26.2 Å². The van der Waals surface area contributed by atoms with E-state index in [2.05, 4.69) is 0 Å². The van der Waals surface area contributed by atoms with Crippen molar-refractivity contribution >= 4 is 12.0 Å². The second kappa shape index (κ2) is 6.62. The zero-order chi connectivity index (χ0) is 15.6. The van der Waals surface area contributed by atoms with Gasteiger partial charge in [0.1, 0.15) is 6.04 Å². The number of carbonyl (C=O) groups is 2. The molecule has 2 amide bonds. The second-order valence-electron chi connectivity index (χ2n) is 5.94. The molecule has 0 aromatic heterocycles. The van der Waals surface area contributed by atoms with Crippen molar-refractivity contribution in [3.8, 4) is 0 Å². The minimum Gasteiger partial charge on any atom is -0.480 e. The first kappa shape index (κ1) is 16.0. The van der Waals surface area contributed by atoms with Crippen LogP contribution in [0.5, 0.6) is 0 Å². The SMILES string of the molecule is COCCN(C(=O)N1CC(O)CC1C(=O)O)C(C)C1CC1. The Hall–Kier alpha value is -1.34. The largest absolute Gasteiger partial charge is 0.480 e. The molecule has 2 aliphatic rings. The monoisotopic (exact) mass is 300 g/mol. The highest BCUT2D eigenvalue weighted by molar-refractivity contribution is 5.83. The second-order valence-corrected chi connectivity index (χ2v) is 5.94. The topological polar surface area (TPSA) is 90.3 Å². The van der Waals surface area contributed by atoms with Gasteiger partial charge in [0.05, 0.1) is 12.7 Å². The molecular formula is C14H24N2O5. The number of carboxylic acid groups (broad SMARTS) is 1. The van der Waals surface area contributed by atoms with Gasteiger partial charge in [0.15, 0.2) is 0 Å². The summed E-state index contributed by atoms with van der Waals surface area (Å²) >= 11 is 0. The van der Waals surface area contributed by atoms with Crippen LogP contribution in [-0.2, 0) is 9.53 Å². The van der Waals surface area contributed by atoms with Gasteiger partial charge >= 0.3 is 12.0 Å². The van der Waals surface area contributed by atoms with Crippen molar-refractivity contribution < 1.29 is 24.5 Å². The standard InChI is InChI=1S/C14H24N2O5/c1-9(10-3-4-10)15(5-6-21-2)14(20)16-8-11(17)7-12(16)13(18)19/h9-12,17H,3-8H2,1-2H3,(H,18,19). The molecule has 0 aromatic rings. The molecule has 1 saturated heterocycles. The molecule has 7 heteroatoms. The highest BCUT2D eigenvalue weighted by atomic mass is 16.5. The highest BCUT2D eigenvalue weighted by Gasteiger charge is 2.43. The number of carbonyl (C=O) groups excluding carboxylic acids is 1. The van der Waals surface area contributed by atoms with E-state index in [1.165, 1.54) is 4.90 Å². The Balaban J connectivity index is 2.10. The van der Waals surface area contributed by atoms with Crippen molar-refractivity contribution in [1.29, 1.82) is 0 Å². The number of hydrogen-bond acceptors (Lipinski definition) is 4. The Bertz CT molecular complexity index is 399. The zero-order valence-electron chi connectivity index (χ0n) is 12.6. The Kier molecular flexibility index (Phi) is 5.05. The molecule has 0 radical (unpaired) electrons. The number of aliphatic hydroxyl groups is 1. The normalized spacial score (nSPS) is 26.7. The van der Waals surface area contributed by atoms with Gasteiger partial charge in [0.2, 0.25) is 0 Å². The number of β-amino-alcohol motifs (C(OH)–C–C–N with tert-alkyl or cyclic N) is 1. The summed E-state index contributed by atoms with van der Waals surface area (Å²) in [6, 6.07) is -1.18. The van der Waals surface area contributed by atoms with Crippen LogP contribution < -0.4 is 0 Å². The maximum atomic E-state index is 12.7. The van der Waals surface area contributed by atoms with Crippen molar-refractivity contribution in [2.45, 2.75) is 44.4 Å². The molecule has 1 saturated carbocycles. The summed E-state index contributed by atoms with van der Waals surface area (Å²) in [7, 11) is 1.57. The Morgan fingerprint density at radius 1 is 1.43 bits per heavy atom. The average molecular weight is 300 g/mol. The van der Waals surface area contributed by atoms with Crippen LogP contribution >= 0.6 is 0 Å². The summed E-state index contributed by atoms with van der Waals surface area (Å²) < 4.78 is 5.05. The molecule has 3 atom stereocenters. The maximum absolute atomic E-state index is 12.7. The van der Waals surface area contributed by atoms with Gasteiger partial charge in [-0.05, 0) is 25.7 Å². The lowest BCUT2D eigenvalue weighted by Gasteiger charge is -2.34. The van der Waals surface area contributed by atoms with Gasteiger partial charge in [-0.15, -0.1) is 0 Å². The van der Waals surface area contributed by atoms with Crippen LogP contribution in [0, 0.1) is 5.92 Å². The number of urea groups is 1. The van der Waals surface area contributed by atoms with Gasteiger partial charge in [-0.25, -0.2) is 9.59 Å². The van der Waals surface area contributed by atoms with Gasteiger partial charge in [-0.3, -0.25) is 0 Å². The van der Waals surface area contributed by atoms with Crippen LogP contribution in [0.15, 0.2) is 0 Å². The number of amides is 2. The number of nitrogens with zero attached hydrogens (tertiary/aromatic N) is 2. The first-order valence-electron chi connectivity index (χ1n) is 7.42. The van der Waals surface area contributed by atoms with Crippen LogP contribution in [0.25, 0.3) is 0 Å². The predicted octanol–water partition coefficient (Wildman–Crippen LogP) is 0.373. The van der Waals surface area contributed by atoms with E-state index in [4.69, 9.17) is 4.74 Å². The minimum atomic E-state index is -1.06. The molecule has 7 nitrogen and oxygen atoms in total. The molecule has 2 rings (SSSR count). The maximum Gasteiger partial charge on any atom is 0.326 e. The Morgan fingerprint density at radius 2 is 2.10 bits per heavy atom.